The number of halogens is 1. The molecule has 2 aromatic rings. The SMILES string of the molecule is O=C(O)C(Cl)Cc1ccc(OCc2ccccc2)cc1. The molecule has 0 saturated carbocycles. The molecule has 0 amide bonds. The van der Waals surface area contributed by atoms with Crippen LogP contribution >= 0.6 is 11.6 Å². The minimum Gasteiger partial charge on any atom is -0.489 e. The molecule has 0 fully saturated rings. The van der Waals surface area contributed by atoms with Crippen molar-refractivity contribution in [2.24, 2.45) is 0 Å². The van der Waals surface area contributed by atoms with Crippen LogP contribution in [0.4, 0.5) is 0 Å². The van der Waals surface area contributed by atoms with Gasteiger partial charge in [-0.1, -0.05) is 42.5 Å². The van der Waals surface area contributed by atoms with Crippen LogP contribution in [0.1, 0.15) is 11.1 Å². The Labute approximate surface area is 122 Å². The van der Waals surface area contributed by atoms with E-state index in [1.165, 1.54) is 0 Å². The van der Waals surface area contributed by atoms with Gasteiger partial charge < -0.3 is 9.84 Å². The van der Waals surface area contributed by atoms with Gasteiger partial charge in [0, 0.05) is 0 Å². The molecule has 0 bridgehead atoms. The highest BCUT2D eigenvalue weighted by Crippen LogP contribution is 2.16. The first-order valence-electron chi connectivity index (χ1n) is 6.27. The lowest BCUT2D eigenvalue weighted by atomic mass is 10.1. The summed E-state index contributed by atoms with van der Waals surface area (Å²) in [6.07, 6.45) is 0.301. The first-order chi connectivity index (χ1) is 9.65. The van der Waals surface area contributed by atoms with Crippen LogP contribution in [0.15, 0.2) is 54.6 Å². The molecule has 0 spiro atoms. The molecular weight excluding hydrogens is 276 g/mol. The zero-order chi connectivity index (χ0) is 14.4. The number of carboxylic acids is 1. The quantitative estimate of drug-likeness (QED) is 0.828. The van der Waals surface area contributed by atoms with E-state index in [2.05, 4.69) is 0 Å². The smallest absolute Gasteiger partial charge is 0.321 e. The van der Waals surface area contributed by atoms with Crippen molar-refractivity contribution >= 4 is 17.6 Å². The van der Waals surface area contributed by atoms with Crippen molar-refractivity contribution in [3.05, 3.63) is 65.7 Å². The molecule has 2 rings (SSSR count). The van der Waals surface area contributed by atoms with Crippen molar-refractivity contribution in [3.8, 4) is 5.75 Å². The maximum absolute atomic E-state index is 10.7. The monoisotopic (exact) mass is 290 g/mol. The van der Waals surface area contributed by atoms with E-state index in [1.54, 1.807) is 0 Å². The van der Waals surface area contributed by atoms with Gasteiger partial charge in [-0.25, -0.2) is 0 Å². The predicted octanol–water partition coefficient (Wildman–Crippen LogP) is 3.50. The number of hydrogen-bond donors (Lipinski definition) is 1. The van der Waals surface area contributed by atoms with E-state index in [1.807, 2.05) is 54.6 Å². The van der Waals surface area contributed by atoms with Crippen molar-refractivity contribution in [2.45, 2.75) is 18.4 Å². The summed E-state index contributed by atoms with van der Waals surface area (Å²) in [6.45, 7) is 0.507. The lowest BCUT2D eigenvalue weighted by Crippen LogP contribution is -2.15. The fraction of sp³-hybridized carbons (Fsp3) is 0.188. The number of alkyl halides is 1. The zero-order valence-electron chi connectivity index (χ0n) is 10.8. The Morgan fingerprint density at radius 1 is 1.05 bits per heavy atom. The van der Waals surface area contributed by atoms with Gasteiger partial charge in [-0.05, 0) is 29.7 Å². The van der Waals surface area contributed by atoms with Crippen molar-refractivity contribution in [1.82, 2.24) is 0 Å². The fourth-order valence-electron chi connectivity index (χ4n) is 1.76. The van der Waals surface area contributed by atoms with Gasteiger partial charge in [0.1, 0.15) is 17.7 Å². The van der Waals surface area contributed by atoms with E-state index >= 15 is 0 Å². The summed E-state index contributed by atoms with van der Waals surface area (Å²) in [5, 5.41) is 7.85. The van der Waals surface area contributed by atoms with Gasteiger partial charge in [-0.2, -0.15) is 0 Å². The normalized spacial score (nSPS) is 11.8. The molecule has 0 saturated heterocycles. The Balaban J connectivity index is 1.90. The maximum atomic E-state index is 10.7. The largest absolute Gasteiger partial charge is 0.489 e. The second kappa shape index (κ2) is 6.96. The van der Waals surface area contributed by atoms with Crippen LogP contribution in [0.2, 0.25) is 0 Å². The van der Waals surface area contributed by atoms with E-state index in [9.17, 15) is 4.79 Å². The van der Waals surface area contributed by atoms with Crippen molar-refractivity contribution in [1.29, 1.82) is 0 Å². The molecule has 2 aromatic carbocycles. The second-order valence-corrected chi connectivity index (χ2v) is 4.95. The first-order valence-corrected chi connectivity index (χ1v) is 6.71. The fourth-order valence-corrected chi connectivity index (χ4v) is 1.94. The summed E-state index contributed by atoms with van der Waals surface area (Å²) < 4.78 is 5.65. The van der Waals surface area contributed by atoms with Gasteiger partial charge in [-0.3, -0.25) is 4.79 Å². The molecule has 3 nitrogen and oxygen atoms in total. The zero-order valence-corrected chi connectivity index (χ0v) is 11.6. The molecule has 1 unspecified atom stereocenters. The van der Waals surface area contributed by atoms with E-state index < -0.39 is 11.3 Å². The Kier molecular flexibility index (Phi) is 5.02. The molecule has 0 heterocycles. The maximum Gasteiger partial charge on any atom is 0.321 e. The average molecular weight is 291 g/mol. The van der Waals surface area contributed by atoms with Crippen LogP contribution in [-0.2, 0) is 17.8 Å². The van der Waals surface area contributed by atoms with Gasteiger partial charge in [0.2, 0.25) is 0 Å². The molecule has 1 N–H and O–H groups in total. The number of ether oxygens (including phenoxy) is 1. The number of aliphatic carboxylic acids is 1. The Morgan fingerprint density at radius 3 is 2.30 bits per heavy atom. The third-order valence-electron chi connectivity index (χ3n) is 2.85. The third-order valence-corrected chi connectivity index (χ3v) is 3.20. The highest BCUT2D eigenvalue weighted by Gasteiger charge is 2.13. The van der Waals surface area contributed by atoms with Crippen LogP contribution in [0.25, 0.3) is 0 Å². The molecule has 104 valence electrons. The van der Waals surface area contributed by atoms with E-state index in [0.29, 0.717) is 13.0 Å². The van der Waals surface area contributed by atoms with Crippen LogP contribution < -0.4 is 4.74 Å². The topological polar surface area (TPSA) is 46.5 Å². The van der Waals surface area contributed by atoms with Crippen LogP contribution in [-0.4, -0.2) is 16.5 Å². The molecule has 0 aromatic heterocycles. The molecule has 4 heteroatoms. The summed E-state index contributed by atoms with van der Waals surface area (Å²) in [4.78, 5) is 10.7. The molecule has 0 aliphatic heterocycles. The van der Waals surface area contributed by atoms with Crippen LogP contribution in [0.3, 0.4) is 0 Å². The molecule has 1 atom stereocenters. The Hall–Kier alpha value is -2.00. The predicted molar refractivity (Wildman–Crippen MR) is 78.2 cm³/mol. The minimum absolute atomic E-state index is 0.301. The number of hydrogen-bond acceptors (Lipinski definition) is 2. The highest BCUT2D eigenvalue weighted by atomic mass is 35.5. The molecule has 20 heavy (non-hydrogen) atoms. The van der Waals surface area contributed by atoms with Crippen molar-refractivity contribution in [3.63, 3.8) is 0 Å². The lowest BCUT2D eigenvalue weighted by molar-refractivity contribution is -0.136. The van der Waals surface area contributed by atoms with Crippen molar-refractivity contribution in [2.75, 3.05) is 0 Å². The van der Waals surface area contributed by atoms with Crippen LogP contribution in [0, 0.1) is 0 Å². The lowest BCUT2D eigenvalue weighted by Gasteiger charge is -2.08. The van der Waals surface area contributed by atoms with E-state index in [-0.39, 0.29) is 0 Å². The first kappa shape index (κ1) is 14.4. The molecular formula is C16H15ClO3. The molecule has 0 radical (unpaired) electrons. The number of rotatable bonds is 6. The summed E-state index contributed by atoms with van der Waals surface area (Å²) in [6, 6.07) is 17.2. The molecule has 0 aliphatic rings. The summed E-state index contributed by atoms with van der Waals surface area (Å²) >= 11 is 5.70. The van der Waals surface area contributed by atoms with Gasteiger partial charge in [0.15, 0.2) is 0 Å². The third kappa shape index (κ3) is 4.28. The average Bonchev–Trinajstić information content (AvgIpc) is 2.47. The van der Waals surface area contributed by atoms with E-state index in [4.69, 9.17) is 21.4 Å². The number of benzene rings is 2. The van der Waals surface area contributed by atoms with Gasteiger partial charge in [0.05, 0.1) is 0 Å². The van der Waals surface area contributed by atoms with Crippen molar-refractivity contribution < 1.29 is 14.6 Å². The van der Waals surface area contributed by atoms with Gasteiger partial charge in [0.25, 0.3) is 0 Å². The van der Waals surface area contributed by atoms with Crippen LogP contribution in [0.5, 0.6) is 5.75 Å². The Bertz CT molecular complexity index is 552. The number of carboxylic acid groups (broad SMARTS) is 1. The minimum atomic E-state index is -1.00. The summed E-state index contributed by atoms with van der Waals surface area (Å²) in [7, 11) is 0. The second-order valence-electron chi connectivity index (χ2n) is 4.43. The summed E-state index contributed by atoms with van der Waals surface area (Å²) in [5.74, 6) is -0.255. The number of carbonyl (C=O) groups is 1. The van der Waals surface area contributed by atoms with Gasteiger partial charge in [-0.15, -0.1) is 11.6 Å². The highest BCUT2D eigenvalue weighted by molar-refractivity contribution is 6.29. The summed E-state index contributed by atoms with van der Waals surface area (Å²) in [5.41, 5.74) is 1.97. The Morgan fingerprint density at radius 2 is 1.70 bits per heavy atom. The standard InChI is InChI=1S/C16H15ClO3/c17-15(16(18)19)10-12-6-8-14(9-7-12)20-11-13-4-2-1-3-5-13/h1-9,15H,10-11H2,(H,18,19). The van der Waals surface area contributed by atoms with E-state index in [0.717, 1.165) is 16.9 Å². The van der Waals surface area contributed by atoms with Gasteiger partial charge >= 0.3 is 5.97 Å². The molecule has 0 aliphatic carbocycles.